The van der Waals surface area contributed by atoms with E-state index in [4.69, 9.17) is 57.5 Å². The summed E-state index contributed by atoms with van der Waals surface area (Å²) in [6.45, 7) is 0.730. The van der Waals surface area contributed by atoms with Gasteiger partial charge < -0.3 is 28.1 Å². The van der Waals surface area contributed by atoms with Crippen molar-refractivity contribution >= 4 is 43.6 Å². The van der Waals surface area contributed by atoms with Gasteiger partial charge in [0, 0.05) is 43.8 Å². The third-order valence-corrected chi connectivity index (χ3v) is 9.12. The number of hydrogen-bond donors (Lipinski definition) is 0. The zero-order chi connectivity index (χ0) is 37.6. The third-order valence-electron chi connectivity index (χ3n) is 9.12. The van der Waals surface area contributed by atoms with Gasteiger partial charge >= 0.3 is 0 Å². The molecule has 258 valence electrons. The molecule has 0 saturated carbocycles. The second-order valence-electron chi connectivity index (χ2n) is 12.1. The molecular formula is C48H32N2O4. The lowest BCUT2D eigenvalue weighted by atomic mass is 9.89. The summed E-state index contributed by atoms with van der Waals surface area (Å²) in [5.41, 5.74) is 6.66. The van der Waals surface area contributed by atoms with E-state index in [0.29, 0.717) is 23.0 Å². The maximum absolute atomic E-state index is 6.28. The van der Waals surface area contributed by atoms with Crippen LogP contribution in [0.15, 0.2) is 84.9 Å². The fourth-order valence-corrected chi connectivity index (χ4v) is 7.23. The SMILES string of the molecule is C#CCOc1ccc(OCC#C)c(-c2c3c4ccccc4n(CC#C)c3c(-c3cc(OCC#C)ccc3OCC#C)c3c4ccccc4n(CC#C)c23)c1. The summed E-state index contributed by atoms with van der Waals surface area (Å²) in [5.74, 6) is 18.3. The van der Waals surface area contributed by atoms with Gasteiger partial charge in [-0.1, -0.05) is 71.9 Å². The number of nitrogens with zero attached hydrogens (tertiary/aromatic N) is 2. The molecule has 7 aromatic rings. The zero-order valence-corrected chi connectivity index (χ0v) is 29.3. The van der Waals surface area contributed by atoms with Crippen LogP contribution in [0.4, 0.5) is 0 Å². The van der Waals surface area contributed by atoms with Crippen molar-refractivity contribution in [3.63, 3.8) is 0 Å². The minimum atomic E-state index is 0.0362. The van der Waals surface area contributed by atoms with Crippen LogP contribution in [0.25, 0.3) is 65.9 Å². The molecule has 0 bridgehead atoms. The number of ether oxygens (including phenoxy) is 4. The average molecular weight is 701 g/mol. The van der Waals surface area contributed by atoms with Crippen LogP contribution in [0.1, 0.15) is 0 Å². The van der Waals surface area contributed by atoms with Crippen molar-refractivity contribution in [3.05, 3.63) is 84.9 Å². The molecule has 7 rings (SSSR count). The highest BCUT2D eigenvalue weighted by Crippen LogP contribution is 2.54. The highest BCUT2D eigenvalue weighted by atomic mass is 16.5. The van der Waals surface area contributed by atoms with E-state index >= 15 is 0 Å². The minimum Gasteiger partial charge on any atom is -0.481 e. The summed E-state index contributed by atoms with van der Waals surface area (Å²) in [7, 11) is 0. The quantitative estimate of drug-likeness (QED) is 0.120. The van der Waals surface area contributed by atoms with Crippen LogP contribution in [0, 0.1) is 74.1 Å². The summed E-state index contributed by atoms with van der Waals surface area (Å²) < 4.78 is 28.8. The van der Waals surface area contributed by atoms with E-state index in [1.165, 1.54) is 0 Å². The average Bonchev–Trinajstić information content (AvgIpc) is 3.70. The van der Waals surface area contributed by atoms with Crippen LogP contribution in [0.2, 0.25) is 0 Å². The number of fused-ring (bicyclic) bond motifs is 6. The maximum atomic E-state index is 6.28. The lowest BCUT2D eigenvalue weighted by molar-refractivity contribution is 0.361. The van der Waals surface area contributed by atoms with E-state index < -0.39 is 0 Å². The van der Waals surface area contributed by atoms with Gasteiger partial charge in [0.05, 0.1) is 35.2 Å². The van der Waals surface area contributed by atoms with Gasteiger partial charge in [-0.2, -0.15) is 0 Å². The molecule has 0 aliphatic rings. The first-order valence-electron chi connectivity index (χ1n) is 17.0. The molecule has 54 heavy (non-hydrogen) atoms. The Morgan fingerprint density at radius 3 is 1.22 bits per heavy atom. The minimum absolute atomic E-state index is 0.0362. The molecule has 5 aromatic carbocycles. The summed E-state index contributed by atoms with van der Waals surface area (Å²) >= 11 is 0. The van der Waals surface area contributed by atoms with E-state index in [-0.39, 0.29) is 39.5 Å². The van der Waals surface area contributed by atoms with Crippen molar-refractivity contribution in [1.29, 1.82) is 0 Å². The second-order valence-corrected chi connectivity index (χ2v) is 12.1. The molecule has 0 amide bonds. The Labute approximate surface area is 314 Å². The molecule has 2 aromatic heterocycles. The second kappa shape index (κ2) is 15.2. The fraction of sp³-hybridized carbons (Fsp3) is 0.125. The van der Waals surface area contributed by atoms with Gasteiger partial charge in [0.15, 0.2) is 0 Å². The molecule has 2 heterocycles. The predicted octanol–water partition coefficient (Wildman–Crippen LogP) is 8.55. The fourth-order valence-electron chi connectivity index (χ4n) is 7.23. The number of para-hydroxylation sites is 2. The first-order valence-corrected chi connectivity index (χ1v) is 17.0. The van der Waals surface area contributed by atoms with Crippen molar-refractivity contribution in [1.82, 2.24) is 9.13 Å². The van der Waals surface area contributed by atoms with Crippen molar-refractivity contribution in [3.8, 4) is 119 Å². The van der Waals surface area contributed by atoms with Gasteiger partial charge in [-0.05, 0) is 48.5 Å². The first-order chi connectivity index (χ1) is 26.6. The van der Waals surface area contributed by atoms with E-state index in [2.05, 4.69) is 68.9 Å². The van der Waals surface area contributed by atoms with Gasteiger partial charge in [0.25, 0.3) is 0 Å². The number of hydrogen-bond acceptors (Lipinski definition) is 4. The smallest absolute Gasteiger partial charge is 0.148 e. The molecule has 0 spiro atoms. The predicted molar refractivity (Wildman–Crippen MR) is 218 cm³/mol. The Morgan fingerprint density at radius 2 is 0.833 bits per heavy atom. The topological polar surface area (TPSA) is 46.8 Å². The van der Waals surface area contributed by atoms with Crippen molar-refractivity contribution in [2.45, 2.75) is 13.1 Å². The van der Waals surface area contributed by atoms with Crippen LogP contribution in [0.3, 0.4) is 0 Å². The molecule has 0 atom stereocenters. The zero-order valence-electron chi connectivity index (χ0n) is 29.3. The van der Waals surface area contributed by atoms with Crippen LogP contribution in [-0.2, 0) is 13.1 Å². The molecular weight excluding hydrogens is 669 g/mol. The van der Waals surface area contributed by atoms with Crippen molar-refractivity contribution < 1.29 is 18.9 Å². The number of benzene rings is 5. The normalized spacial score (nSPS) is 10.6. The van der Waals surface area contributed by atoms with E-state index in [9.17, 15) is 0 Å². The molecule has 6 nitrogen and oxygen atoms in total. The highest BCUT2D eigenvalue weighted by molar-refractivity contribution is 6.33. The van der Waals surface area contributed by atoms with Gasteiger partial charge in [0.1, 0.15) is 49.4 Å². The Kier molecular flexibility index (Phi) is 9.80. The van der Waals surface area contributed by atoms with Crippen molar-refractivity contribution in [2.75, 3.05) is 26.4 Å². The Balaban J connectivity index is 1.82. The van der Waals surface area contributed by atoms with Crippen LogP contribution in [0.5, 0.6) is 23.0 Å². The maximum Gasteiger partial charge on any atom is 0.148 e. The Morgan fingerprint density at radius 1 is 0.444 bits per heavy atom. The molecule has 0 radical (unpaired) electrons. The summed E-state index contributed by atoms with van der Waals surface area (Å²) in [6, 6.07) is 27.4. The van der Waals surface area contributed by atoms with E-state index in [1.54, 1.807) is 0 Å². The molecule has 0 saturated heterocycles. The van der Waals surface area contributed by atoms with Gasteiger partial charge in [-0.25, -0.2) is 0 Å². The van der Waals surface area contributed by atoms with Crippen LogP contribution in [-0.4, -0.2) is 35.6 Å². The van der Waals surface area contributed by atoms with E-state index in [0.717, 1.165) is 65.9 Å². The Hall–Kier alpha value is -7.74. The van der Waals surface area contributed by atoms with Gasteiger partial charge in [-0.3, -0.25) is 0 Å². The van der Waals surface area contributed by atoms with Gasteiger partial charge in [0.2, 0.25) is 0 Å². The lowest BCUT2D eigenvalue weighted by Crippen LogP contribution is -2.04. The largest absolute Gasteiger partial charge is 0.481 e. The number of rotatable bonds is 12. The number of aromatic nitrogens is 2. The van der Waals surface area contributed by atoms with Gasteiger partial charge in [-0.15, -0.1) is 38.5 Å². The summed E-state index contributed by atoms with van der Waals surface area (Å²) in [4.78, 5) is 0. The van der Waals surface area contributed by atoms with E-state index in [1.807, 2.05) is 60.7 Å². The molecule has 0 aliphatic carbocycles. The highest BCUT2D eigenvalue weighted by Gasteiger charge is 2.30. The molecule has 0 aliphatic heterocycles. The first kappa shape index (κ1) is 34.7. The van der Waals surface area contributed by atoms with Crippen LogP contribution >= 0.6 is 0 Å². The molecule has 0 N–H and O–H groups in total. The monoisotopic (exact) mass is 700 g/mol. The molecule has 6 heteroatoms. The van der Waals surface area contributed by atoms with Crippen LogP contribution < -0.4 is 18.9 Å². The summed E-state index contributed by atoms with van der Waals surface area (Å²) in [5, 5.41) is 3.67. The summed E-state index contributed by atoms with van der Waals surface area (Å²) in [6.07, 6.45) is 35.0. The molecule has 0 unspecified atom stereocenters. The lowest BCUT2D eigenvalue weighted by Gasteiger charge is -2.21. The standard InChI is InChI=1S/C48H32N2O4/c1-7-25-49-39-19-15-13-17-35(39)43-46(38-32-34(52-28-10-4)22-24-42(38)54-30-12-6)48-44(36-18-14-16-20-40(36)50(48)26-8-2)45(47(43)49)37-31-33(51-27-9-3)21-23-41(37)53-29-11-5/h1-6,13-24,31-32H,25-30H2. The molecule has 0 fully saturated rings. The third kappa shape index (κ3) is 5.92. The van der Waals surface area contributed by atoms with Crippen molar-refractivity contribution in [2.24, 2.45) is 0 Å². The number of terminal acetylenes is 6. The Bertz CT molecular complexity index is 2670.